The lowest BCUT2D eigenvalue weighted by molar-refractivity contribution is 0.193. The average Bonchev–Trinajstić information content (AvgIpc) is 3.27. The van der Waals surface area contributed by atoms with Gasteiger partial charge in [-0.1, -0.05) is 0 Å². The van der Waals surface area contributed by atoms with Crippen LogP contribution in [0.1, 0.15) is 23.9 Å². The van der Waals surface area contributed by atoms with E-state index in [1.165, 1.54) is 6.39 Å². The Morgan fingerprint density at radius 2 is 2.32 bits per heavy atom. The maximum Gasteiger partial charge on any atom is 0.185 e. The van der Waals surface area contributed by atoms with Crippen LogP contribution in [0.25, 0.3) is 17.2 Å². The van der Waals surface area contributed by atoms with Crippen molar-refractivity contribution in [1.82, 2.24) is 24.7 Å². The van der Waals surface area contributed by atoms with Gasteiger partial charge in [-0.3, -0.25) is 4.98 Å². The van der Waals surface area contributed by atoms with Crippen LogP contribution in [0.3, 0.4) is 0 Å². The van der Waals surface area contributed by atoms with Gasteiger partial charge in [-0.2, -0.15) is 5.10 Å². The fourth-order valence-corrected chi connectivity index (χ4v) is 2.57. The molecule has 0 spiro atoms. The van der Waals surface area contributed by atoms with Crippen LogP contribution in [-0.2, 0) is 4.74 Å². The Hall–Kier alpha value is -2.54. The predicted molar refractivity (Wildman–Crippen MR) is 77.6 cm³/mol. The molecule has 3 aromatic rings. The van der Waals surface area contributed by atoms with Gasteiger partial charge in [0.25, 0.3) is 0 Å². The summed E-state index contributed by atoms with van der Waals surface area (Å²) in [5.41, 5.74) is 1.54. The van der Waals surface area contributed by atoms with E-state index < -0.39 is 0 Å². The highest BCUT2D eigenvalue weighted by Gasteiger charge is 2.26. The second-order valence-electron chi connectivity index (χ2n) is 5.23. The molecule has 0 bridgehead atoms. The van der Waals surface area contributed by atoms with Crippen LogP contribution in [0, 0.1) is 6.92 Å². The Morgan fingerprint density at radius 3 is 3.00 bits per heavy atom. The van der Waals surface area contributed by atoms with Crippen LogP contribution in [0.5, 0.6) is 0 Å². The van der Waals surface area contributed by atoms with Crippen molar-refractivity contribution in [3.05, 3.63) is 42.5 Å². The maximum atomic E-state index is 5.45. The molecule has 4 heterocycles. The summed E-state index contributed by atoms with van der Waals surface area (Å²) in [7, 11) is 0. The molecule has 3 aromatic heterocycles. The van der Waals surface area contributed by atoms with E-state index in [1.807, 2.05) is 19.1 Å². The summed E-state index contributed by atoms with van der Waals surface area (Å²) in [4.78, 5) is 13.1. The minimum atomic E-state index is 0.226. The fourth-order valence-electron chi connectivity index (χ4n) is 2.57. The Kier molecular flexibility index (Phi) is 3.19. The summed E-state index contributed by atoms with van der Waals surface area (Å²) in [6.07, 6.45) is 5.84. The molecule has 0 aromatic carbocycles. The summed E-state index contributed by atoms with van der Waals surface area (Å²) in [6, 6.07) is 3.81. The Morgan fingerprint density at radius 1 is 1.36 bits per heavy atom. The lowest BCUT2D eigenvalue weighted by atomic mass is 10.1. The van der Waals surface area contributed by atoms with Crippen LogP contribution < -0.4 is 0 Å². The summed E-state index contributed by atoms with van der Waals surface area (Å²) < 4.78 is 12.5. The first-order valence-corrected chi connectivity index (χ1v) is 7.18. The van der Waals surface area contributed by atoms with Crippen molar-refractivity contribution in [1.29, 1.82) is 0 Å². The molecule has 4 rings (SSSR count). The monoisotopic (exact) mass is 297 g/mol. The van der Waals surface area contributed by atoms with Crippen LogP contribution in [0.4, 0.5) is 0 Å². The van der Waals surface area contributed by atoms with Gasteiger partial charge in [0.05, 0.1) is 18.5 Å². The van der Waals surface area contributed by atoms with Crippen molar-refractivity contribution < 1.29 is 9.15 Å². The van der Waals surface area contributed by atoms with Crippen molar-refractivity contribution in [2.75, 3.05) is 13.2 Å². The third-order valence-electron chi connectivity index (χ3n) is 3.77. The molecule has 1 atom stereocenters. The molecule has 1 aliphatic heterocycles. The number of aryl methyl sites for hydroxylation is 1. The number of hydrogen-bond acceptors (Lipinski definition) is 6. The highest BCUT2D eigenvalue weighted by Crippen LogP contribution is 2.28. The first kappa shape index (κ1) is 13.1. The van der Waals surface area contributed by atoms with Gasteiger partial charge in [0.2, 0.25) is 0 Å². The summed E-state index contributed by atoms with van der Waals surface area (Å²) >= 11 is 0. The fraction of sp³-hybridized carbons (Fsp3) is 0.333. The van der Waals surface area contributed by atoms with E-state index >= 15 is 0 Å². The molecule has 1 aliphatic rings. The summed E-state index contributed by atoms with van der Waals surface area (Å²) in [5.74, 6) is 2.38. The molecule has 22 heavy (non-hydrogen) atoms. The Bertz CT molecular complexity index is 774. The third-order valence-corrected chi connectivity index (χ3v) is 3.77. The van der Waals surface area contributed by atoms with Gasteiger partial charge in [0, 0.05) is 18.7 Å². The van der Waals surface area contributed by atoms with Crippen LogP contribution in [0.15, 0.2) is 35.3 Å². The van der Waals surface area contributed by atoms with Crippen molar-refractivity contribution >= 4 is 0 Å². The third kappa shape index (κ3) is 2.19. The zero-order valence-corrected chi connectivity index (χ0v) is 12.1. The minimum absolute atomic E-state index is 0.226. The molecule has 112 valence electrons. The smallest absolute Gasteiger partial charge is 0.185 e. The number of ether oxygens (including phenoxy) is 1. The van der Waals surface area contributed by atoms with Crippen molar-refractivity contribution in [3.8, 4) is 17.2 Å². The number of oxazole rings is 1. The zero-order valence-electron chi connectivity index (χ0n) is 12.1. The molecule has 0 aliphatic carbocycles. The quantitative estimate of drug-likeness (QED) is 0.737. The average molecular weight is 297 g/mol. The molecule has 0 radical (unpaired) electrons. The van der Waals surface area contributed by atoms with E-state index in [-0.39, 0.29) is 5.92 Å². The number of pyridine rings is 1. The van der Waals surface area contributed by atoms with Crippen LogP contribution >= 0.6 is 0 Å². The van der Waals surface area contributed by atoms with Gasteiger partial charge in [-0.15, -0.1) is 0 Å². The van der Waals surface area contributed by atoms with Crippen LogP contribution in [0.2, 0.25) is 0 Å². The Balaban J connectivity index is 1.86. The van der Waals surface area contributed by atoms with Gasteiger partial charge >= 0.3 is 0 Å². The van der Waals surface area contributed by atoms with E-state index in [9.17, 15) is 0 Å². The van der Waals surface area contributed by atoms with Gasteiger partial charge < -0.3 is 9.15 Å². The highest BCUT2D eigenvalue weighted by atomic mass is 16.5. The first-order chi connectivity index (χ1) is 10.8. The van der Waals surface area contributed by atoms with Gasteiger partial charge in [-0.25, -0.2) is 14.6 Å². The Labute approximate surface area is 127 Å². The molecular weight excluding hydrogens is 282 g/mol. The lowest BCUT2D eigenvalue weighted by Gasteiger charge is -2.03. The minimum Gasteiger partial charge on any atom is -0.448 e. The van der Waals surface area contributed by atoms with Crippen molar-refractivity contribution in [2.45, 2.75) is 19.3 Å². The zero-order chi connectivity index (χ0) is 14.9. The number of rotatable bonds is 3. The second-order valence-corrected chi connectivity index (χ2v) is 5.23. The van der Waals surface area contributed by atoms with E-state index in [0.717, 1.165) is 24.5 Å². The molecule has 7 heteroatoms. The highest BCUT2D eigenvalue weighted by molar-refractivity contribution is 5.55. The van der Waals surface area contributed by atoms with Gasteiger partial charge in [0.1, 0.15) is 11.5 Å². The molecular formula is C15H15N5O2. The molecule has 0 saturated carbocycles. The van der Waals surface area contributed by atoms with E-state index in [0.29, 0.717) is 23.9 Å². The number of nitrogens with zero attached hydrogens (tertiary/aromatic N) is 5. The molecule has 1 unspecified atom stereocenters. The number of aromatic nitrogens is 5. The largest absolute Gasteiger partial charge is 0.448 e. The van der Waals surface area contributed by atoms with Crippen molar-refractivity contribution in [3.63, 3.8) is 0 Å². The summed E-state index contributed by atoms with van der Waals surface area (Å²) in [6.45, 7) is 3.28. The normalized spacial score (nSPS) is 18.0. The topological polar surface area (TPSA) is 78.9 Å². The standard InChI is InChI=1S/C15H15N5O2/c1-10-13(17-9-22-10)15-18-14(11-4-6-21-8-11)19-20(15)12-3-2-5-16-7-12/h2-3,5,7,9,11H,4,6,8H2,1H3. The molecule has 1 fully saturated rings. The van der Waals surface area contributed by atoms with Gasteiger partial charge in [0.15, 0.2) is 18.0 Å². The van der Waals surface area contributed by atoms with E-state index in [4.69, 9.17) is 14.1 Å². The lowest BCUT2D eigenvalue weighted by Crippen LogP contribution is -2.03. The molecule has 0 N–H and O–H groups in total. The molecule has 0 amide bonds. The summed E-state index contributed by atoms with van der Waals surface area (Å²) in [5, 5.41) is 4.66. The number of hydrogen-bond donors (Lipinski definition) is 0. The first-order valence-electron chi connectivity index (χ1n) is 7.18. The van der Waals surface area contributed by atoms with Gasteiger partial charge in [-0.05, 0) is 25.5 Å². The molecule has 7 nitrogen and oxygen atoms in total. The van der Waals surface area contributed by atoms with E-state index in [1.54, 1.807) is 17.1 Å². The van der Waals surface area contributed by atoms with Crippen molar-refractivity contribution in [2.24, 2.45) is 0 Å². The van der Waals surface area contributed by atoms with Crippen LogP contribution in [-0.4, -0.2) is 37.9 Å². The predicted octanol–water partition coefficient (Wildman–Crippen LogP) is 2.13. The molecule has 1 saturated heterocycles. The SMILES string of the molecule is Cc1ocnc1-c1nc(C2CCOC2)nn1-c1cccnc1. The maximum absolute atomic E-state index is 5.45. The second kappa shape index (κ2) is 5.34. The van der Waals surface area contributed by atoms with E-state index in [2.05, 4.69) is 15.1 Å².